The Morgan fingerprint density at radius 3 is 2.56 bits per heavy atom. The molecule has 0 saturated carbocycles. The van der Waals surface area contributed by atoms with Crippen LogP contribution in [0.15, 0.2) is 18.2 Å². The molecule has 1 rings (SSSR count). The molecule has 0 bridgehead atoms. The van der Waals surface area contributed by atoms with Crippen molar-refractivity contribution in [1.82, 2.24) is 0 Å². The number of benzene rings is 1. The summed E-state index contributed by atoms with van der Waals surface area (Å²) < 4.78 is 55.3. The number of rotatable bonds is 5. The number of hydrogen-bond acceptors (Lipinski definition) is 2. The molecule has 0 fully saturated rings. The lowest BCUT2D eigenvalue weighted by Crippen LogP contribution is -2.18. The van der Waals surface area contributed by atoms with E-state index in [2.05, 4.69) is 5.32 Å². The molecule has 6 heteroatoms. The van der Waals surface area contributed by atoms with E-state index >= 15 is 0 Å². The van der Waals surface area contributed by atoms with Gasteiger partial charge in [0.1, 0.15) is 5.82 Å². The molecule has 0 heterocycles. The maximum absolute atomic E-state index is 13.0. The maximum Gasteiger partial charge on any atom is 0.419 e. The first kappa shape index (κ1) is 14.8. The van der Waals surface area contributed by atoms with Crippen molar-refractivity contribution < 1.29 is 22.3 Å². The highest BCUT2D eigenvalue weighted by Gasteiger charge is 2.34. The average Bonchev–Trinajstić information content (AvgIpc) is 2.27. The van der Waals surface area contributed by atoms with Gasteiger partial charge in [-0.2, -0.15) is 13.2 Å². The molecule has 0 aromatic heterocycles. The van der Waals surface area contributed by atoms with E-state index in [1.54, 1.807) is 7.11 Å². The van der Waals surface area contributed by atoms with Crippen LogP contribution in [-0.2, 0) is 10.9 Å². The summed E-state index contributed by atoms with van der Waals surface area (Å²) >= 11 is 0. The molecule has 0 radical (unpaired) electrons. The normalized spacial score (nSPS) is 13.4. The predicted octanol–water partition coefficient (Wildman–Crippen LogP) is 3.68. The Kier molecular flexibility index (Phi) is 4.95. The van der Waals surface area contributed by atoms with Crippen molar-refractivity contribution in [1.29, 1.82) is 0 Å². The summed E-state index contributed by atoms with van der Waals surface area (Å²) in [6.45, 7) is 2.32. The minimum atomic E-state index is -4.68. The minimum absolute atomic E-state index is 0.0588. The summed E-state index contributed by atoms with van der Waals surface area (Å²) in [5, 5.41) is 2.87. The largest absolute Gasteiger partial charge is 0.419 e. The Balaban J connectivity index is 2.79. The van der Waals surface area contributed by atoms with Crippen LogP contribution in [0.1, 0.15) is 18.9 Å². The second-order valence-electron chi connectivity index (χ2n) is 4.02. The highest BCUT2D eigenvalue weighted by atomic mass is 19.4. The fourth-order valence-corrected chi connectivity index (χ4v) is 1.48. The highest BCUT2D eigenvalue weighted by Crippen LogP contribution is 2.33. The van der Waals surface area contributed by atoms with Crippen LogP contribution in [0.3, 0.4) is 0 Å². The van der Waals surface area contributed by atoms with Crippen LogP contribution in [0.2, 0.25) is 0 Å². The molecule has 18 heavy (non-hydrogen) atoms. The van der Waals surface area contributed by atoms with E-state index in [0.717, 1.165) is 12.1 Å². The SMILES string of the molecule is COCCC(C)Nc1ccc(F)c(C(F)(F)F)c1. The van der Waals surface area contributed by atoms with Gasteiger partial charge in [0, 0.05) is 25.4 Å². The van der Waals surface area contributed by atoms with Crippen molar-refractivity contribution >= 4 is 5.69 Å². The zero-order chi connectivity index (χ0) is 13.8. The summed E-state index contributed by atoms with van der Waals surface area (Å²) in [5.74, 6) is -1.27. The monoisotopic (exact) mass is 265 g/mol. The Morgan fingerprint density at radius 1 is 1.33 bits per heavy atom. The highest BCUT2D eigenvalue weighted by molar-refractivity contribution is 5.47. The van der Waals surface area contributed by atoms with Crippen LogP contribution in [0.25, 0.3) is 0 Å². The Morgan fingerprint density at radius 2 is 2.00 bits per heavy atom. The Labute approximate surface area is 103 Å². The lowest BCUT2D eigenvalue weighted by atomic mass is 10.1. The number of halogens is 4. The van der Waals surface area contributed by atoms with E-state index in [1.165, 1.54) is 6.07 Å². The van der Waals surface area contributed by atoms with E-state index in [-0.39, 0.29) is 11.7 Å². The van der Waals surface area contributed by atoms with Crippen LogP contribution in [0, 0.1) is 5.82 Å². The molecule has 0 amide bonds. The third kappa shape index (κ3) is 4.18. The topological polar surface area (TPSA) is 21.3 Å². The van der Waals surface area contributed by atoms with Crippen molar-refractivity contribution in [2.75, 3.05) is 19.0 Å². The van der Waals surface area contributed by atoms with Crippen LogP contribution in [-0.4, -0.2) is 19.8 Å². The van der Waals surface area contributed by atoms with Crippen molar-refractivity contribution in [3.63, 3.8) is 0 Å². The van der Waals surface area contributed by atoms with Crippen LogP contribution in [0.4, 0.5) is 23.2 Å². The lowest BCUT2D eigenvalue weighted by molar-refractivity contribution is -0.139. The summed E-state index contributed by atoms with van der Waals surface area (Å²) in [7, 11) is 1.55. The number of ether oxygens (including phenoxy) is 1. The van der Waals surface area contributed by atoms with Gasteiger partial charge >= 0.3 is 6.18 Å². The van der Waals surface area contributed by atoms with E-state index in [0.29, 0.717) is 13.0 Å². The number of anilines is 1. The first-order valence-corrected chi connectivity index (χ1v) is 5.47. The van der Waals surface area contributed by atoms with Crippen LogP contribution >= 0.6 is 0 Å². The van der Waals surface area contributed by atoms with Crippen molar-refractivity contribution in [2.45, 2.75) is 25.6 Å². The van der Waals surface area contributed by atoms with Crippen LogP contribution in [0.5, 0.6) is 0 Å². The second kappa shape index (κ2) is 6.04. The standard InChI is InChI=1S/C12H15F4NO/c1-8(5-6-18-2)17-9-3-4-11(13)10(7-9)12(14,15)16/h3-4,7-8,17H,5-6H2,1-2H3. The number of methoxy groups -OCH3 is 1. The van der Waals surface area contributed by atoms with Gasteiger partial charge in [-0.1, -0.05) is 0 Å². The molecule has 1 aromatic rings. The Bertz CT molecular complexity index is 392. The molecule has 0 spiro atoms. The van der Waals surface area contributed by atoms with Crippen molar-refractivity contribution in [3.05, 3.63) is 29.6 Å². The Hall–Kier alpha value is -1.30. The van der Waals surface area contributed by atoms with Gasteiger partial charge in [-0.15, -0.1) is 0 Å². The molecule has 102 valence electrons. The number of nitrogens with one attached hydrogen (secondary N) is 1. The van der Waals surface area contributed by atoms with Gasteiger partial charge in [0.2, 0.25) is 0 Å². The van der Waals surface area contributed by atoms with Gasteiger partial charge in [0.25, 0.3) is 0 Å². The van der Waals surface area contributed by atoms with E-state index in [4.69, 9.17) is 4.74 Å². The quantitative estimate of drug-likeness (QED) is 0.820. The first-order chi connectivity index (χ1) is 8.34. The van der Waals surface area contributed by atoms with Crippen molar-refractivity contribution in [3.8, 4) is 0 Å². The second-order valence-corrected chi connectivity index (χ2v) is 4.02. The van der Waals surface area contributed by atoms with E-state index < -0.39 is 17.6 Å². The van der Waals surface area contributed by atoms with Crippen molar-refractivity contribution in [2.24, 2.45) is 0 Å². The molecule has 0 aliphatic heterocycles. The third-order valence-corrected chi connectivity index (χ3v) is 2.44. The zero-order valence-corrected chi connectivity index (χ0v) is 10.1. The summed E-state index contributed by atoms with van der Waals surface area (Å²) in [6, 6.07) is 2.82. The van der Waals surface area contributed by atoms with Gasteiger partial charge in [-0.3, -0.25) is 0 Å². The number of hydrogen-bond donors (Lipinski definition) is 1. The van der Waals surface area contributed by atoms with E-state index in [9.17, 15) is 17.6 Å². The molecular weight excluding hydrogens is 250 g/mol. The van der Waals surface area contributed by atoms with Gasteiger partial charge in [-0.05, 0) is 31.5 Å². The molecule has 1 aromatic carbocycles. The molecular formula is C12H15F4NO. The molecule has 0 saturated heterocycles. The molecule has 1 N–H and O–H groups in total. The summed E-state index contributed by atoms with van der Waals surface area (Å²) in [4.78, 5) is 0. The summed E-state index contributed by atoms with van der Waals surface area (Å²) in [5.41, 5.74) is -1.02. The predicted molar refractivity (Wildman–Crippen MR) is 61.0 cm³/mol. The fourth-order valence-electron chi connectivity index (χ4n) is 1.48. The smallest absolute Gasteiger partial charge is 0.385 e. The van der Waals surface area contributed by atoms with Gasteiger partial charge in [0.05, 0.1) is 5.56 Å². The van der Waals surface area contributed by atoms with Gasteiger partial charge in [-0.25, -0.2) is 4.39 Å². The van der Waals surface area contributed by atoms with E-state index in [1.807, 2.05) is 6.92 Å². The third-order valence-electron chi connectivity index (χ3n) is 2.44. The lowest BCUT2D eigenvalue weighted by Gasteiger charge is -2.16. The molecule has 0 aliphatic carbocycles. The molecule has 2 nitrogen and oxygen atoms in total. The number of alkyl halides is 3. The molecule has 1 atom stereocenters. The minimum Gasteiger partial charge on any atom is -0.385 e. The first-order valence-electron chi connectivity index (χ1n) is 5.47. The molecule has 1 unspecified atom stereocenters. The maximum atomic E-state index is 13.0. The van der Waals surface area contributed by atoms with Gasteiger partial charge in [0.15, 0.2) is 0 Å². The van der Waals surface area contributed by atoms with Gasteiger partial charge < -0.3 is 10.1 Å². The fraction of sp³-hybridized carbons (Fsp3) is 0.500. The summed E-state index contributed by atoms with van der Waals surface area (Å²) in [6.07, 6.45) is -4.03. The van der Waals surface area contributed by atoms with Crippen LogP contribution < -0.4 is 5.32 Å². The molecule has 0 aliphatic rings. The zero-order valence-electron chi connectivity index (χ0n) is 10.1. The average molecular weight is 265 g/mol.